The molecule has 0 aliphatic rings. The molecule has 0 saturated heterocycles. The summed E-state index contributed by atoms with van der Waals surface area (Å²) in [5.74, 6) is 1.11. The van der Waals surface area contributed by atoms with Gasteiger partial charge in [-0.15, -0.1) is 45.3 Å². The van der Waals surface area contributed by atoms with Crippen LogP contribution in [-0.2, 0) is 12.8 Å². The highest BCUT2D eigenvalue weighted by Gasteiger charge is 2.21. The minimum absolute atomic E-state index is 0.557. The molecule has 0 unspecified atom stereocenters. The van der Waals surface area contributed by atoms with Crippen molar-refractivity contribution < 1.29 is 0 Å². The predicted octanol–water partition coefficient (Wildman–Crippen LogP) is 15.1. The van der Waals surface area contributed by atoms with E-state index in [0.29, 0.717) is 11.8 Å². The Bertz CT molecular complexity index is 1760. The Morgan fingerprint density at radius 3 is 1.34 bits per heavy atom. The van der Waals surface area contributed by atoms with Gasteiger partial charge in [0.1, 0.15) is 11.0 Å². The van der Waals surface area contributed by atoms with Gasteiger partial charge in [0.2, 0.25) is 0 Å². The number of fused-ring (bicyclic) bond motifs is 1. The molecule has 0 spiro atoms. The molecule has 6 aromatic rings. The zero-order valence-electron chi connectivity index (χ0n) is 28.8. The van der Waals surface area contributed by atoms with Gasteiger partial charge in [-0.3, -0.25) is 0 Å². The average molecular weight is 717 g/mol. The fourth-order valence-corrected chi connectivity index (χ4v) is 11.6. The van der Waals surface area contributed by atoms with E-state index < -0.39 is 0 Å². The molecular weight excluding hydrogens is 669 g/mol. The molecule has 1 aromatic carbocycles. The number of thiophene rings is 4. The Morgan fingerprint density at radius 1 is 0.511 bits per heavy atom. The lowest BCUT2D eigenvalue weighted by Gasteiger charge is -2.03. The zero-order chi connectivity index (χ0) is 32.9. The Kier molecular flexibility index (Phi) is 11.8. The van der Waals surface area contributed by atoms with Crippen molar-refractivity contribution in [1.82, 2.24) is 8.75 Å². The lowest BCUT2D eigenvalue weighted by atomic mass is 10.0. The van der Waals surface area contributed by atoms with Crippen molar-refractivity contribution in [3.8, 4) is 40.4 Å². The van der Waals surface area contributed by atoms with Crippen molar-refractivity contribution in [3.63, 3.8) is 0 Å². The summed E-state index contributed by atoms with van der Waals surface area (Å²) in [6.45, 7) is 13.8. The molecule has 0 bridgehead atoms. The second-order valence-corrected chi connectivity index (χ2v) is 18.3. The Hall–Kier alpha value is -2.16. The molecule has 6 rings (SSSR count). The molecule has 0 atom stereocenters. The SMILES string of the molecule is CCCCCCc1cc(-c2ccc(-c3cc(CCCCCC)c(-c4ccc(C(C)C)s4)s3)c3nsnc23)sc1-c1ccc(C(C)C)s1. The third-order valence-corrected chi connectivity index (χ3v) is 15.1. The number of rotatable bonds is 16. The summed E-state index contributed by atoms with van der Waals surface area (Å²) >= 11 is 9.17. The fourth-order valence-electron chi connectivity index (χ4n) is 6.23. The van der Waals surface area contributed by atoms with Crippen LogP contribution in [0.25, 0.3) is 51.4 Å². The molecule has 0 N–H and O–H groups in total. The van der Waals surface area contributed by atoms with Crippen LogP contribution in [0, 0.1) is 0 Å². The molecule has 0 fully saturated rings. The topological polar surface area (TPSA) is 25.8 Å². The number of benzene rings is 1. The van der Waals surface area contributed by atoms with Gasteiger partial charge in [0.15, 0.2) is 0 Å². The predicted molar refractivity (Wildman–Crippen MR) is 215 cm³/mol. The first-order valence-electron chi connectivity index (χ1n) is 17.6. The van der Waals surface area contributed by atoms with Crippen LogP contribution in [0.4, 0.5) is 0 Å². The number of hydrogen-bond acceptors (Lipinski definition) is 7. The largest absolute Gasteiger partial charge is 0.172 e. The smallest absolute Gasteiger partial charge is 0.114 e. The van der Waals surface area contributed by atoms with Gasteiger partial charge in [-0.25, -0.2) is 0 Å². The summed E-state index contributed by atoms with van der Waals surface area (Å²) in [6.07, 6.45) is 12.5. The van der Waals surface area contributed by atoms with Crippen molar-refractivity contribution in [2.75, 3.05) is 0 Å². The maximum Gasteiger partial charge on any atom is 0.114 e. The molecule has 0 radical (unpaired) electrons. The van der Waals surface area contributed by atoms with Gasteiger partial charge in [-0.05, 0) is 85.0 Å². The van der Waals surface area contributed by atoms with Crippen LogP contribution >= 0.6 is 57.1 Å². The van der Waals surface area contributed by atoms with Crippen LogP contribution in [0.2, 0.25) is 0 Å². The second-order valence-electron chi connectivity index (χ2n) is 13.4. The highest BCUT2D eigenvalue weighted by Crippen LogP contribution is 2.47. The van der Waals surface area contributed by atoms with Crippen LogP contribution < -0.4 is 0 Å². The van der Waals surface area contributed by atoms with E-state index in [2.05, 4.69) is 90.1 Å². The first-order chi connectivity index (χ1) is 22.9. The third-order valence-electron chi connectivity index (χ3n) is 9.00. The lowest BCUT2D eigenvalue weighted by molar-refractivity contribution is 0.668. The van der Waals surface area contributed by atoms with Crippen LogP contribution in [0.15, 0.2) is 48.5 Å². The normalized spacial score (nSPS) is 12.0. The van der Waals surface area contributed by atoms with Crippen molar-refractivity contribution in [2.24, 2.45) is 0 Å². The van der Waals surface area contributed by atoms with Gasteiger partial charge >= 0.3 is 0 Å². The minimum Gasteiger partial charge on any atom is -0.172 e. The van der Waals surface area contributed by atoms with Gasteiger partial charge in [0.25, 0.3) is 0 Å². The Labute approximate surface area is 302 Å². The van der Waals surface area contributed by atoms with Crippen molar-refractivity contribution in [1.29, 1.82) is 0 Å². The van der Waals surface area contributed by atoms with Crippen molar-refractivity contribution in [2.45, 2.75) is 118 Å². The van der Waals surface area contributed by atoms with E-state index in [9.17, 15) is 0 Å². The summed E-state index contributed by atoms with van der Waals surface area (Å²) < 4.78 is 9.87. The number of aromatic nitrogens is 2. The summed E-state index contributed by atoms with van der Waals surface area (Å²) in [6, 6.07) is 18.9. The average Bonchev–Trinajstić information content (AvgIpc) is 3.90. The van der Waals surface area contributed by atoms with Crippen molar-refractivity contribution in [3.05, 3.63) is 69.4 Å². The number of hydrogen-bond donors (Lipinski definition) is 0. The van der Waals surface area contributed by atoms with Crippen molar-refractivity contribution >= 4 is 68.1 Å². The van der Waals surface area contributed by atoms with E-state index in [-0.39, 0.29) is 0 Å². The Balaban J connectivity index is 1.38. The van der Waals surface area contributed by atoms with E-state index >= 15 is 0 Å². The minimum atomic E-state index is 0.557. The molecule has 0 aliphatic heterocycles. The van der Waals surface area contributed by atoms with Crippen LogP contribution in [-0.4, -0.2) is 8.75 Å². The molecule has 7 heteroatoms. The number of unbranched alkanes of at least 4 members (excludes halogenated alkanes) is 6. The van der Waals surface area contributed by atoms with Gasteiger partial charge in [0, 0.05) is 50.1 Å². The molecule has 5 aromatic heterocycles. The molecule has 47 heavy (non-hydrogen) atoms. The van der Waals surface area contributed by atoms with E-state index in [0.717, 1.165) is 23.9 Å². The van der Waals surface area contributed by atoms with E-state index in [1.54, 1.807) is 0 Å². The Morgan fingerprint density at radius 2 is 0.957 bits per heavy atom. The lowest BCUT2D eigenvalue weighted by Crippen LogP contribution is -1.86. The quantitative estimate of drug-likeness (QED) is 0.0932. The first-order valence-corrected chi connectivity index (χ1v) is 21.6. The van der Waals surface area contributed by atoms with Crippen LogP contribution in [0.3, 0.4) is 0 Å². The maximum absolute atomic E-state index is 4.93. The van der Waals surface area contributed by atoms with E-state index in [4.69, 9.17) is 8.75 Å². The van der Waals surface area contributed by atoms with Crippen LogP contribution in [0.5, 0.6) is 0 Å². The van der Waals surface area contributed by atoms with E-state index in [1.165, 1.54) is 124 Å². The van der Waals surface area contributed by atoms with Gasteiger partial charge in [0.05, 0.1) is 11.7 Å². The molecule has 5 heterocycles. The summed E-state index contributed by atoms with van der Waals surface area (Å²) in [4.78, 5) is 11.3. The summed E-state index contributed by atoms with van der Waals surface area (Å²) in [5.41, 5.74) is 7.52. The maximum atomic E-state index is 4.93. The fraction of sp³-hybridized carbons (Fsp3) is 0.450. The number of aryl methyl sites for hydroxylation is 2. The third kappa shape index (κ3) is 7.86. The molecule has 0 amide bonds. The highest BCUT2D eigenvalue weighted by atomic mass is 32.1. The van der Waals surface area contributed by atoms with Gasteiger partial charge < -0.3 is 0 Å². The summed E-state index contributed by atoms with van der Waals surface area (Å²) in [5, 5.41) is 0. The van der Waals surface area contributed by atoms with Crippen LogP contribution in [0.1, 0.15) is 126 Å². The monoisotopic (exact) mass is 716 g/mol. The van der Waals surface area contributed by atoms with Gasteiger partial charge in [-0.2, -0.15) is 8.75 Å². The summed E-state index contributed by atoms with van der Waals surface area (Å²) in [7, 11) is 0. The molecule has 2 nitrogen and oxygen atoms in total. The van der Waals surface area contributed by atoms with E-state index in [1.807, 2.05) is 45.3 Å². The molecule has 0 aliphatic carbocycles. The molecular formula is C40H48N2S5. The molecule has 0 saturated carbocycles. The first kappa shape index (κ1) is 34.7. The number of nitrogens with zero attached hydrogens (tertiary/aromatic N) is 2. The molecule has 248 valence electrons. The second kappa shape index (κ2) is 16.0. The highest BCUT2D eigenvalue weighted by molar-refractivity contribution is 7.24. The van der Waals surface area contributed by atoms with Gasteiger partial charge in [-0.1, -0.05) is 92.2 Å². The zero-order valence-corrected chi connectivity index (χ0v) is 32.9. The standard InChI is InChI=1S/C40H48N2S5/c1-7-9-11-13-15-27-23-35(45-39(27)33-21-19-31(43-33)25(3)4)29-17-18-30(38-37(29)41-47-42-38)36-24-28(16-14-12-10-8-2)40(46-36)34-22-20-32(44-34)26(5)6/h17-26H,7-16H2,1-6H3.